The number of halogens is 1. The van der Waals surface area contributed by atoms with Gasteiger partial charge in [-0.1, -0.05) is 18.2 Å². The summed E-state index contributed by atoms with van der Waals surface area (Å²) in [4.78, 5) is 29.7. The number of ketones is 1. The van der Waals surface area contributed by atoms with Crippen LogP contribution in [0.2, 0.25) is 0 Å². The lowest BCUT2D eigenvalue weighted by atomic mass is 9.85. The predicted octanol–water partition coefficient (Wildman–Crippen LogP) is 4.66. The van der Waals surface area contributed by atoms with E-state index in [4.69, 9.17) is 21.3 Å². The van der Waals surface area contributed by atoms with Crippen LogP contribution in [0.1, 0.15) is 48.7 Å². The molecule has 5 nitrogen and oxygen atoms in total. The van der Waals surface area contributed by atoms with Gasteiger partial charge in [0.1, 0.15) is 11.1 Å². The van der Waals surface area contributed by atoms with Gasteiger partial charge >= 0.3 is 0 Å². The second-order valence-corrected chi connectivity index (χ2v) is 8.51. The van der Waals surface area contributed by atoms with E-state index in [2.05, 4.69) is 19.2 Å². The Hall–Kier alpha value is -2.66. The van der Waals surface area contributed by atoms with Crippen molar-refractivity contribution in [3.63, 3.8) is 0 Å². The van der Waals surface area contributed by atoms with Gasteiger partial charge in [-0.3, -0.25) is 14.6 Å². The van der Waals surface area contributed by atoms with Crippen molar-refractivity contribution in [2.24, 2.45) is 4.99 Å². The van der Waals surface area contributed by atoms with Crippen LogP contribution in [-0.2, 0) is 11.2 Å². The van der Waals surface area contributed by atoms with E-state index >= 15 is 0 Å². The van der Waals surface area contributed by atoms with Gasteiger partial charge in [0.05, 0.1) is 24.8 Å². The Morgan fingerprint density at radius 1 is 1.24 bits per heavy atom. The van der Waals surface area contributed by atoms with E-state index in [1.807, 2.05) is 18.2 Å². The fraction of sp³-hybridized carbons (Fsp3) is 0.348. The largest absolute Gasteiger partial charge is 0.497 e. The highest BCUT2D eigenvalue weighted by Gasteiger charge is 2.28. The number of rotatable bonds is 6. The van der Waals surface area contributed by atoms with Gasteiger partial charge in [0, 0.05) is 16.8 Å². The van der Waals surface area contributed by atoms with Crippen molar-refractivity contribution < 1.29 is 14.3 Å². The monoisotopic (exact) mass is 412 g/mol. The minimum Gasteiger partial charge on any atom is -0.497 e. The Kier molecular flexibility index (Phi) is 6.08. The lowest BCUT2D eigenvalue weighted by Crippen LogP contribution is -2.30. The van der Waals surface area contributed by atoms with Crippen molar-refractivity contribution in [1.82, 2.24) is 0 Å². The lowest BCUT2D eigenvalue weighted by molar-refractivity contribution is -0.115. The Bertz CT molecular complexity index is 980. The molecule has 0 aliphatic carbocycles. The van der Waals surface area contributed by atoms with Crippen LogP contribution in [0.3, 0.4) is 0 Å². The maximum absolute atomic E-state index is 13.0. The van der Waals surface area contributed by atoms with E-state index in [0.29, 0.717) is 11.3 Å². The van der Waals surface area contributed by atoms with Crippen LogP contribution in [0.15, 0.2) is 47.5 Å². The van der Waals surface area contributed by atoms with Crippen LogP contribution in [0.25, 0.3) is 0 Å². The zero-order valence-electron chi connectivity index (χ0n) is 17.1. The number of hydrogen-bond donors (Lipinski definition) is 1. The van der Waals surface area contributed by atoms with Crippen molar-refractivity contribution in [3.05, 3.63) is 59.2 Å². The number of Topliss-reactive ketones (excluding diaryl/α,β-unsaturated/α-hetero) is 1. The van der Waals surface area contributed by atoms with Crippen LogP contribution in [0.4, 0.5) is 5.69 Å². The van der Waals surface area contributed by atoms with E-state index < -0.39 is 5.38 Å². The maximum atomic E-state index is 13.0. The quantitative estimate of drug-likeness (QED) is 0.554. The molecule has 6 heteroatoms. The molecule has 29 heavy (non-hydrogen) atoms. The van der Waals surface area contributed by atoms with E-state index in [-0.39, 0.29) is 23.7 Å². The molecule has 1 N–H and O–H groups in total. The molecule has 1 unspecified atom stereocenters. The van der Waals surface area contributed by atoms with Crippen molar-refractivity contribution in [2.45, 2.75) is 44.5 Å². The first kappa shape index (κ1) is 21.1. The highest BCUT2D eigenvalue weighted by molar-refractivity contribution is 6.32. The molecule has 0 fully saturated rings. The summed E-state index contributed by atoms with van der Waals surface area (Å²) in [7, 11) is 1.62. The highest BCUT2D eigenvalue weighted by Crippen LogP contribution is 2.31. The number of hydrogen-bond acceptors (Lipinski definition) is 4. The molecule has 1 amide bonds. The molecule has 2 aromatic rings. The molecule has 0 aromatic heterocycles. The number of amides is 1. The summed E-state index contributed by atoms with van der Waals surface area (Å²) >= 11 is 5.80. The molecule has 0 saturated heterocycles. The molecule has 0 bridgehead atoms. The van der Waals surface area contributed by atoms with Gasteiger partial charge in [-0.25, -0.2) is 0 Å². The van der Waals surface area contributed by atoms with Gasteiger partial charge in [-0.15, -0.1) is 11.6 Å². The van der Waals surface area contributed by atoms with Crippen molar-refractivity contribution in [3.8, 4) is 5.75 Å². The third kappa shape index (κ3) is 5.04. The van der Waals surface area contributed by atoms with Crippen molar-refractivity contribution in [2.75, 3.05) is 12.4 Å². The number of carbonyl (C=O) groups is 2. The first-order valence-electron chi connectivity index (χ1n) is 9.53. The van der Waals surface area contributed by atoms with E-state index in [1.54, 1.807) is 38.3 Å². The summed E-state index contributed by atoms with van der Waals surface area (Å²) in [6, 6.07) is 12.8. The Labute approximate surface area is 176 Å². The number of ether oxygens (including phenoxy) is 1. The molecule has 0 radical (unpaired) electrons. The normalized spacial score (nSPS) is 15.7. The zero-order chi connectivity index (χ0) is 21.2. The number of fused-ring (bicyclic) bond motifs is 1. The van der Waals surface area contributed by atoms with Crippen LogP contribution in [0, 0.1) is 0 Å². The first-order valence-corrected chi connectivity index (χ1v) is 9.96. The van der Waals surface area contributed by atoms with Gasteiger partial charge in [0.25, 0.3) is 0 Å². The molecular weight excluding hydrogens is 388 g/mol. The number of carbonyl (C=O) groups excluding carboxylic acids is 2. The SMILES string of the molecule is COc1ccc2c(c1)C(CC(=O)c1cccc(NC(=O)C(C)Cl)c1)=NC(C)(C)C2. The number of aliphatic imine (C=N–C) groups is 1. The van der Waals surface area contributed by atoms with Gasteiger partial charge in [0.15, 0.2) is 5.78 Å². The second-order valence-electron chi connectivity index (χ2n) is 7.86. The molecule has 0 saturated carbocycles. The summed E-state index contributed by atoms with van der Waals surface area (Å²) in [6.45, 7) is 5.73. The zero-order valence-corrected chi connectivity index (χ0v) is 17.8. The third-order valence-corrected chi connectivity index (χ3v) is 5.03. The lowest BCUT2D eigenvalue weighted by Gasteiger charge is -2.29. The number of benzene rings is 2. The Balaban J connectivity index is 1.87. The minimum atomic E-state index is -0.653. The predicted molar refractivity (Wildman–Crippen MR) is 117 cm³/mol. The molecule has 3 rings (SSSR count). The van der Waals surface area contributed by atoms with E-state index in [0.717, 1.165) is 29.0 Å². The van der Waals surface area contributed by atoms with Crippen molar-refractivity contribution in [1.29, 1.82) is 0 Å². The van der Waals surface area contributed by atoms with Crippen molar-refractivity contribution >= 4 is 34.7 Å². The number of anilines is 1. The van der Waals surface area contributed by atoms with Crippen LogP contribution < -0.4 is 10.1 Å². The van der Waals surface area contributed by atoms with Crippen LogP contribution >= 0.6 is 11.6 Å². The molecule has 1 heterocycles. The van der Waals surface area contributed by atoms with E-state index in [1.165, 1.54) is 0 Å². The smallest absolute Gasteiger partial charge is 0.242 e. The molecule has 1 atom stereocenters. The molecular formula is C23H25ClN2O3. The fourth-order valence-electron chi connectivity index (χ4n) is 3.44. The Morgan fingerprint density at radius 3 is 2.69 bits per heavy atom. The number of nitrogens with one attached hydrogen (secondary N) is 1. The van der Waals surface area contributed by atoms with Gasteiger partial charge in [-0.2, -0.15) is 0 Å². The molecule has 1 aliphatic heterocycles. The summed E-state index contributed by atoms with van der Waals surface area (Å²) in [5.41, 5.74) is 3.65. The minimum absolute atomic E-state index is 0.0646. The summed E-state index contributed by atoms with van der Waals surface area (Å²) in [5.74, 6) is 0.365. The molecule has 152 valence electrons. The topological polar surface area (TPSA) is 67.8 Å². The molecule has 0 spiro atoms. The second kappa shape index (κ2) is 8.37. The summed E-state index contributed by atoms with van der Waals surface area (Å²) < 4.78 is 5.35. The number of alkyl halides is 1. The number of methoxy groups -OCH3 is 1. The van der Waals surface area contributed by atoms with Crippen LogP contribution in [0.5, 0.6) is 5.75 Å². The maximum Gasteiger partial charge on any atom is 0.242 e. The van der Waals surface area contributed by atoms with Gasteiger partial charge < -0.3 is 10.1 Å². The first-order chi connectivity index (χ1) is 13.7. The standard InChI is InChI=1S/C23H25ClN2O3/c1-14(24)22(28)25-17-7-5-6-15(10-17)21(27)12-20-19-11-18(29-4)9-8-16(19)13-23(2,3)26-20/h5-11,14H,12-13H2,1-4H3,(H,25,28). The van der Waals surface area contributed by atoms with E-state index in [9.17, 15) is 9.59 Å². The summed E-state index contributed by atoms with van der Waals surface area (Å²) in [6.07, 6.45) is 0.981. The number of nitrogens with zero attached hydrogens (tertiary/aromatic N) is 1. The summed E-state index contributed by atoms with van der Waals surface area (Å²) in [5, 5.41) is 2.06. The van der Waals surface area contributed by atoms with Gasteiger partial charge in [-0.05, 0) is 57.0 Å². The average molecular weight is 413 g/mol. The highest BCUT2D eigenvalue weighted by atomic mass is 35.5. The molecule has 2 aromatic carbocycles. The van der Waals surface area contributed by atoms with Gasteiger partial charge in [0.2, 0.25) is 5.91 Å². The molecule has 1 aliphatic rings. The Morgan fingerprint density at radius 2 is 2.00 bits per heavy atom. The fourth-order valence-corrected chi connectivity index (χ4v) is 3.49. The average Bonchev–Trinajstić information content (AvgIpc) is 2.67. The third-order valence-electron chi connectivity index (χ3n) is 4.83. The van der Waals surface area contributed by atoms with Crippen LogP contribution in [-0.4, -0.2) is 35.4 Å².